The van der Waals surface area contributed by atoms with E-state index >= 15 is 0 Å². The minimum atomic E-state index is 0.670. The summed E-state index contributed by atoms with van der Waals surface area (Å²) in [5.41, 5.74) is 1.04. The van der Waals surface area contributed by atoms with Crippen molar-refractivity contribution in [1.82, 2.24) is 15.0 Å². The molecule has 3 heterocycles. The third-order valence-corrected chi connectivity index (χ3v) is 4.72. The van der Waals surface area contributed by atoms with Gasteiger partial charge in [-0.05, 0) is 26.8 Å². The van der Waals surface area contributed by atoms with Crippen molar-refractivity contribution in [2.45, 2.75) is 27.3 Å². The number of hydrogen-bond donors (Lipinski definition) is 2. The molecule has 0 bridgehead atoms. The average Bonchev–Trinajstić information content (AvgIpc) is 3.01. The molecule has 3 aromatic rings. The Morgan fingerprint density at radius 2 is 2.00 bits per heavy atom. The molecule has 5 nitrogen and oxygen atoms in total. The molecular weight excluding hydrogens is 302 g/mol. The third-order valence-electron chi connectivity index (χ3n) is 2.95. The van der Waals surface area contributed by atoms with Crippen molar-refractivity contribution < 1.29 is 0 Å². The molecule has 0 aromatic carbocycles. The molecule has 0 radical (unpaired) electrons. The van der Waals surface area contributed by atoms with Crippen LogP contribution in [0.3, 0.4) is 0 Å². The normalized spacial score (nSPS) is 11.0. The lowest BCUT2D eigenvalue weighted by Gasteiger charge is -2.08. The van der Waals surface area contributed by atoms with E-state index in [9.17, 15) is 0 Å². The second kappa shape index (κ2) is 5.95. The van der Waals surface area contributed by atoms with Crippen LogP contribution >= 0.6 is 22.7 Å². The third kappa shape index (κ3) is 3.14. The fourth-order valence-electron chi connectivity index (χ4n) is 2.08. The molecule has 21 heavy (non-hydrogen) atoms. The Labute approximate surface area is 131 Å². The van der Waals surface area contributed by atoms with Crippen molar-refractivity contribution in [3.8, 4) is 0 Å². The lowest BCUT2D eigenvalue weighted by molar-refractivity contribution is 1.03. The van der Waals surface area contributed by atoms with E-state index in [2.05, 4.69) is 44.0 Å². The van der Waals surface area contributed by atoms with E-state index in [4.69, 9.17) is 0 Å². The predicted octanol–water partition coefficient (Wildman–Crippen LogP) is 3.81. The molecule has 0 aliphatic rings. The SMILES string of the molecule is CCNc1nc(NCc2csc(C)n2)c2cc(C)sc2n1. The number of nitrogens with one attached hydrogen (secondary N) is 2. The summed E-state index contributed by atoms with van der Waals surface area (Å²) in [6.45, 7) is 7.63. The molecule has 3 aromatic heterocycles. The minimum Gasteiger partial charge on any atom is -0.364 e. The Morgan fingerprint density at radius 3 is 2.71 bits per heavy atom. The van der Waals surface area contributed by atoms with Crippen LogP contribution in [0.5, 0.6) is 0 Å². The Bertz CT molecular complexity index is 762. The van der Waals surface area contributed by atoms with Crippen LogP contribution in [0, 0.1) is 13.8 Å². The molecule has 0 atom stereocenters. The molecule has 0 aliphatic heterocycles. The predicted molar refractivity (Wildman–Crippen MR) is 90.5 cm³/mol. The Kier molecular flexibility index (Phi) is 4.03. The van der Waals surface area contributed by atoms with Gasteiger partial charge in [-0.2, -0.15) is 4.98 Å². The number of aryl methyl sites for hydroxylation is 2. The van der Waals surface area contributed by atoms with Crippen molar-refractivity contribution in [2.75, 3.05) is 17.2 Å². The lowest BCUT2D eigenvalue weighted by atomic mass is 10.3. The largest absolute Gasteiger partial charge is 0.364 e. The zero-order chi connectivity index (χ0) is 14.8. The monoisotopic (exact) mass is 319 g/mol. The highest BCUT2D eigenvalue weighted by atomic mass is 32.1. The molecule has 0 saturated heterocycles. The number of nitrogens with zero attached hydrogens (tertiary/aromatic N) is 3. The molecule has 7 heteroatoms. The molecule has 3 rings (SSSR count). The Hall–Kier alpha value is -1.73. The fraction of sp³-hybridized carbons (Fsp3) is 0.357. The summed E-state index contributed by atoms with van der Waals surface area (Å²) in [5.74, 6) is 1.54. The number of anilines is 2. The lowest BCUT2D eigenvalue weighted by Crippen LogP contribution is -2.07. The Balaban J connectivity index is 1.91. The highest BCUT2D eigenvalue weighted by Crippen LogP contribution is 2.29. The van der Waals surface area contributed by atoms with E-state index < -0.39 is 0 Å². The number of hydrogen-bond acceptors (Lipinski definition) is 7. The van der Waals surface area contributed by atoms with Gasteiger partial charge in [0.2, 0.25) is 5.95 Å². The van der Waals surface area contributed by atoms with Gasteiger partial charge >= 0.3 is 0 Å². The first-order chi connectivity index (χ1) is 10.2. The maximum atomic E-state index is 4.57. The standard InChI is InChI=1S/C14H17N5S2/c1-4-15-14-18-12(11-5-8(2)21-13(11)19-14)16-6-10-7-20-9(3)17-10/h5,7H,4,6H2,1-3H3,(H2,15,16,18,19). The molecule has 0 unspecified atom stereocenters. The van der Waals surface area contributed by atoms with Gasteiger partial charge in [-0.25, -0.2) is 9.97 Å². The number of aromatic nitrogens is 3. The molecule has 0 aliphatic carbocycles. The second-order valence-corrected chi connectivity index (χ2v) is 7.01. The number of thiophene rings is 1. The first kappa shape index (κ1) is 14.2. The van der Waals surface area contributed by atoms with Gasteiger partial charge in [-0.3, -0.25) is 0 Å². The highest BCUT2D eigenvalue weighted by Gasteiger charge is 2.10. The maximum absolute atomic E-state index is 4.57. The van der Waals surface area contributed by atoms with Crippen molar-refractivity contribution in [2.24, 2.45) is 0 Å². The summed E-state index contributed by atoms with van der Waals surface area (Å²) in [7, 11) is 0. The van der Waals surface area contributed by atoms with Crippen LogP contribution in [0.15, 0.2) is 11.4 Å². The van der Waals surface area contributed by atoms with Crippen molar-refractivity contribution in [3.63, 3.8) is 0 Å². The van der Waals surface area contributed by atoms with Gasteiger partial charge in [0.25, 0.3) is 0 Å². The number of rotatable bonds is 5. The molecule has 0 spiro atoms. The fourth-order valence-corrected chi connectivity index (χ4v) is 3.57. The van der Waals surface area contributed by atoms with Crippen LogP contribution in [0.2, 0.25) is 0 Å². The van der Waals surface area contributed by atoms with Crippen molar-refractivity contribution >= 4 is 44.7 Å². The summed E-state index contributed by atoms with van der Waals surface area (Å²) in [5, 5.41) is 10.8. The van der Waals surface area contributed by atoms with E-state index in [0.717, 1.165) is 33.3 Å². The molecule has 0 fully saturated rings. The van der Waals surface area contributed by atoms with E-state index in [-0.39, 0.29) is 0 Å². The van der Waals surface area contributed by atoms with Gasteiger partial charge < -0.3 is 10.6 Å². The highest BCUT2D eigenvalue weighted by molar-refractivity contribution is 7.18. The summed E-state index contributed by atoms with van der Waals surface area (Å²) >= 11 is 3.35. The van der Waals surface area contributed by atoms with Gasteiger partial charge in [0.15, 0.2) is 0 Å². The van der Waals surface area contributed by atoms with E-state index in [1.165, 1.54) is 4.88 Å². The Morgan fingerprint density at radius 1 is 1.14 bits per heavy atom. The van der Waals surface area contributed by atoms with Gasteiger partial charge in [0.1, 0.15) is 10.6 Å². The number of fused-ring (bicyclic) bond motifs is 1. The zero-order valence-electron chi connectivity index (χ0n) is 12.2. The summed E-state index contributed by atoms with van der Waals surface area (Å²) < 4.78 is 0. The number of thiazole rings is 1. The van der Waals surface area contributed by atoms with Crippen LogP contribution in [-0.4, -0.2) is 21.5 Å². The quantitative estimate of drug-likeness (QED) is 0.749. The summed E-state index contributed by atoms with van der Waals surface area (Å²) in [6.07, 6.45) is 0. The maximum Gasteiger partial charge on any atom is 0.226 e. The summed E-state index contributed by atoms with van der Waals surface area (Å²) in [6, 6.07) is 2.13. The molecule has 2 N–H and O–H groups in total. The van der Waals surface area contributed by atoms with Crippen molar-refractivity contribution in [3.05, 3.63) is 27.0 Å². The minimum absolute atomic E-state index is 0.670. The molecular formula is C14H17N5S2. The van der Waals surface area contributed by atoms with Crippen LogP contribution in [0.25, 0.3) is 10.2 Å². The summed E-state index contributed by atoms with van der Waals surface area (Å²) in [4.78, 5) is 15.8. The van der Waals surface area contributed by atoms with E-state index in [0.29, 0.717) is 12.5 Å². The first-order valence-electron chi connectivity index (χ1n) is 6.82. The second-order valence-electron chi connectivity index (χ2n) is 4.71. The van der Waals surface area contributed by atoms with Crippen LogP contribution in [0.4, 0.5) is 11.8 Å². The van der Waals surface area contributed by atoms with Crippen molar-refractivity contribution in [1.29, 1.82) is 0 Å². The van der Waals surface area contributed by atoms with E-state index in [1.54, 1.807) is 22.7 Å². The molecule has 0 amide bonds. The van der Waals surface area contributed by atoms with Crippen LogP contribution < -0.4 is 10.6 Å². The van der Waals surface area contributed by atoms with E-state index in [1.807, 2.05) is 13.8 Å². The molecule has 110 valence electrons. The zero-order valence-corrected chi connectivity index (χ0v) is 13.9. The van der Waals surface area contributed by atoms with Gasteiger partial charge in [-0.15, -0.1) is 22.7 Å². The molecule has 0 saturated carbocycles. The topological polar surface area (TPSA) is 62.7 Å². The van der Waals surface area contributed by atoms with Gasteiger partial charge in [0, 0.05) is 16.8 Å². The smallest absolute Gasteiger partial charge is 0.226 e. The van der Waals surface area contributed by atoms with Crippen LogP contribution in [-0.2, 0) is 6.54 Å². The average molecular weight is 319 g/mol. The van der Waals surface area contributed by atoms with Gasteiger partial charge in [-0.1, -0.05) is 0 Å². The van der Waals surface area contributed by atoms with Crippen LogP contribution in [0.1, 0.15) is 22.5 Å². The van der Waals surface area contributed by atoms with Gasteiger partial charge in [0.05, 0.1) is 22.6 Å². The first-order valence-corrected chi connectivity index (χ1v) is 8.52.